The molecule has 0 aliphatic carbocycles. The number of alkyl halides is 3. The molecule has 0 saturated carbocycles. The molecule has 0 spiro atoms. The molecule has 0 aliphatic rings. The van der Waals surface area contributed by atoms with Crippen molar-refractivity contribution in [3.63, 3.8) is 0 Å². The van der Waals surface area contributed by atoms with Crippen LogP contribution in [-0.2, 0) is 0 Å². The molecule has 12 heteroatoms. The quantitative estimate of drug-likeness (QED) is 0.483. The fourth-order valence-electron chi connectivity index (χ4n) is 2.63. The average Bonchev–Trinajstić information content (AvgIpc) is 2.61. The first kappa shape index (κ1) is 21.6. The molecule has 2 heterocycles. The van der Waals surface area contributed by atoms with E-state index >= 15 is 0 Å². The molecule has 1 amide bonds. The number of benzene rings is 1. The SMILES string of the molecule is C[C@H](NC(=O)c1cn(-c2c(F)cc(F)cc2F)c2nc(Cl)ccc2c1=O)C(F)(F)F. The number of aromatic nitrogens is 2. The van der Waals surface area contributed by atoms with Gasteiger partial charge in [0.2, 0.25) is 5.43 Å². The van der Waals surface area contributed by atoms with Gasteiger partial charge in [0.1, 0.15) is 33.9 Å². The number of nitrogens with one attached hydrogen (secondary N) is 1. The Morgan fingerprint density at radius 1 is 1.17 bits per heavy atom. The van der Waals surface area contributed by atoms with Gasteiger partial charge >= 0.3 is 6.18 Å². The van der Waals surface area contributed by atoms with Gasteiger partial charge in [0.15, 0.2) is 11.6 Å². The lowest BCUT2D eigenvalue weighted by Gasteiger charge is -2.18. The summed E-state index contributed by atoms with van der Waals surface area (Å²) in [4.78, 5) is 28.8. The van der Waals surface area contributed by atoms with Gasteiger partial charge in [-0.15, -0.1) is 0 Å². The van der Waals surface area contributed by atoms with Crippen LogP contribution in [0.3, 0.4) is 0 Å². The van der Waals surface area contributed by atoms with Gasteiger partial charge in [0.25, 0.3) is 5.91 Å². The summed E-state index contributed by atoms with van der Waals surface area (Å²) in [7, 11) is 0. The van der Waals surface area contributed by atoms with Gasteiger partial charge in [-0.1, -0.05) is 11.6 Å². The molecule has 3 aromatic rings. The third kappa shape index (κ3) is 3.97. The molecule has 0 aliphatic heterocycles. The number of nitrogens with zero attached hydrogens (tertiary/aromatic N) is 2. The summed E-state index contributed by atoms with van der Waals surface area (Å²) >= 11 is 5.78. The molecule has 1 N–H and O–H groups in total. The Hall–Kier alpha value is -3.08. The fourth-order valence-corrected chi connectivity index (χ4v) is 2.78. The van der Waals surface area contributed by atoms with E-state index in [9.17, 15) is 35.9 Å². The Labute approximate surface area is 168 Å². The number of rotatable bonds is 3. The lowest BCUT2D eigenvalue weighted by atomic mass is 10.1. The van der Waals surface area contributed by atoms with Crippen molar-refractivity contribution >= 4 is 28.5 Å². The molecular weight excluding hydrogens is 440 g/mol. The van der Waals surface area contributed by atoms with Crippen molar-refractivity contribution in [3.8, 4) is 5.69 Å². The number of hydrogen-bond donors (Lipinski definition) is 1. The van der Waals surface area contributed by atoms with E-state index in [1.54, 1.807) is 5.32 Å². The summed E-state index contributed by atoms with van der Waals surface area (Å²) in [5, 5.41) is 1.07. The van der Waals surface area contributed by atoms with E-state index in [2.05, 4.69) is 4.98 Å². The fraction of sp³-hybridized carbons (Fsp3) is 0.167. The van der Waals surface area contributed by atoms with E-state index < -0.39 is 57.9 Å². The van der Waals surface area contributed by atoms with Crippen LogP contribution in [0.25, 0.3) is 16.7 Å². The van der Waals surface area contributed by atoms with E-state index in [1.807, 2.05) is 0 Å². The predicted molar refractivity (Wildman–Crippen MR) is 95.2 cm³/mol. The first-order valence-corrected chi connectivity index (χ1v) is 8.52. The molecule has 5 nitrogen and oxygen atoms in total. The zero-order valence-electron chi connectivity index (χ0n) is 14.8. The number of fused-ring (bicyclic) bond motifs is 1. The summed E-state index contributed by atoms with van der Waals surface area (Å²) in [5.74, 6) is -5.48. The van der Waals surface area contributed by atoms with Gasteiger partial charge in [-0.3, -0.25) is 14.2 Å². The van der Waals surface area contributed by atoms with Gasteiger partial charge in [0, 0.05) is 18.3 Å². The van der Waals surface area contributed by atoms with E-state index in [-0.39, 0.29) is 10.5 Å². The van der Waals surface area contributed by atoms with Crippen molar-refractivity contribution in [3.05, 3.63) is 68.9 Å². The van der Waals surface area contributed by atoms with Crippen LogP contribution in [0.5, 0.6) is 0 Å². The Bertz CT molecular complexity index is 1200. The van der Waals surface area contributed by atoms with Crippen LogP contribution >= 0.6 is 11.6 Å². The molecule has 3 rings (SSSR count). The number of hydrogen-bond acceptors (Lipinski definition) is 3. The maximum Gasteiger partial charge on any atom is 0.408 e. The topological polar surface area (TPSA) is 64.0 Å². The minimum absolute atomic E-state index is 0.179. The molecule has 0 unspecified atom stereocenters. The Morgan fingerprint density at radius 3 is 2.33 bits per heavy atom. The maximum atomic E-state index is 14.3. The molecule has 0 fully saturated rings. The highest BCUT2D eigenvalue weighted by Crippen LogP contribution is 2.24. The van der Waals surface area contributed by atoms with Crippen molar-refractivity contribution in [1.82, 2.24) is 14.9 Å². The highest BCUT2D eigenvalue weighted by molar-refractivity contribution is 6.29. The molecule has 0 saturated heterocycles. The minimum atomic E-state index is -4.80. The number of halogens is 7. The molecular formula is C18H10ClF6N3O2. The molecule has 0 bridgehead atoms. The van der Waals surface area contributed by atoms with Gasteiger partial charge in [-0.2, -0.15) is 13.2 Å². The molecule has 2 aromatic heterocycles. The number of carbonyl (C=O) groups is 1. The van der Waals surface area contributed by atoms with Crippen LogP contribution in [0.15, 0.2) is 35.3 Å². The second-order valence-electron chi connectivity index (χ2n) is 6.20. The smallest absolute Gasteiger partial charge is 0.340 e. The summed E-state index contributed by atoms with van der Waals surface area (Å²) in [5.41, 5.74) is -3.18. The zero-order chi connectivity index (χ0) is 22.4. The summed E-state index contributed by atoms with van der Waals surface area (Å²) in [6.07, 6.45) is -4.18. The lowest BCUT2D eigenvalue weighted by molar-refractivity contribution is -0.149. The van der Waals surface area contributed by atoms with Gasteiger partial charge < -0.3 is 5.32 Å². The highest BCUT2D eigenvalue weighted by Gasteiger charge is 2.37. The molecule has 158 valence electrons. The van der Waals surface area contributed by atoms with Gasteiger partial charge in [0.05, 0.1) is 5.39 Å². The third-order valence-corrected chi connectivity index (χ3v) is 4.33. The van der Waals surface area contributed by atoms with E-state index in [4.69, 9.17) is 11.6 Å². The van der Waals surface area contributed by atoms with Crippen LogP contribution < -0.4 is 10.7 Å². The molecule has 0 radical (unpaired) electrons. The first-order valence-electron chi connectivity index (χ1n) is 8.14. The Balaban J connectivity index is 2.30. The monoisotopic (exact) mass is 449 g/mol. The van der Waals surface area contributed by atoms with Crippen molar-refractivity contribution in [1.29, 1.82) is 0 Å². The van der Waals surface area contributed by atoms with E-state index in [0.29, 0.717) is 29.8 Å². The van der Waals surface area contributed by atoms with Crippen LogP contribution in [0, 0.1) is 17.5 Å². The number of pyridine rings is 2. The van der Waals surface area contributed by atoms with Crippen molar-refractivity contribution < 1.29 is 31.1 Å². The first-order chi connectivity index (χ1) is 13.9. The zero-order valence-corrected chi connectivity index (χ0v) is 15.6. The summed E-state index contributed by atoms with van der Waals surface area (Å²) in [6.45, 7) is 0.651. The summed E-state index contributed by atoms with van der Waals surface area (Å²) < 4.78 is 80.8. The van der Waals surface area contributed by atoms with E-state index in [0.717, 1.165) is 12.1 Å². The van der Waals surface area contributed by atoms with Crippen molar-refractivity contribution in [2.45, 2.75) is 19.1 Å². The molecule has 1 aromatic carbocycles. The van der Waals surface area contributed by atoms with Crippen molar-refractivity contribution in [2.24, 2.45) is 0 Å². The van der Waals surface area contributed by atoms with Crippen LogP contribution in [-0.4, -0.2) is 27.7 Å². The van der Waals surface area contributed by atoms with Crippen molar-refractivity contribution in [2.75, 3.05) is 0 Å². The molecule has 1 atom stereocenters. The maximum absolute atomic E-state index is 14.3. The Kier molecular flexibility index (Phi) is 5.50. The van der Waals surface area contributed by atoms with Crippen LogP contribution in [0.1, 0.15) is 17.3 Å². The highest BCUT2D eigenvalue weighted by atomic mass is 35.5. The van der Waals surface area contributed by atoms with Gasteiger partial charge in [-0.05, 0) is 19.1 Å². The molecule has 30 heavy (non-hydrogen) atoms. The Morgan fingerprint density at radius 2 is 1.77 bits per heavy atom. The second kappa shape index (κ2) is 7.63. The average molecular weight is 450 g/mol. The number of amides is 1. The van der Waals surface area contributed by atoms with E-state index in [1.165, 1.54) is 0 Å². The number of carbonyl (C=O) groups excluding carboxylic acids is 1. The normalized spacial score (nSPS) is 12.8. The largest absolute Gasteiger partial charge is 0.408 e. The van der Waals surface area contributed by atoms with Gasteiger partial charge in [-0.25, -0.2) is 18.2 Å². The van der Waals surface area contributed by atoms with Crippen LogP contribution in [0.2, 0.25) is 5.15 Å². The standard InChI is InChI=1S/C18H10ClF6N3O2/c1-7(18(23,24)25)26-17(30)10-6-28(14-11(21)4-8(20)5-12(14)22)16-9(15(10)29)2-3-13(19)27-16/h2-7H,1H3,(H,26,30)/t7-/m0/s1. The van der Waals surface area contributed by atoms with Crippen LogP contribution in [0.4, 0.5) is 26.3 Å². The summed E-state index contributed by atoms with van der Waals surface area (Å²) in [6, 6.07) is 0.618. The predicted octanol–water partition coefficient (Wildman–Crippen LogP) is 4.14. The lowest BCUT2D eigenvalue weighted by Crippen LogP contribution is -2.44. The second-order valence-corrected chi connectivity index (χ2v) is 6.59. The third-order valence-electron chi connectivity index (χ3n) is 4.12. The minimum Gasteiger partial charge on any atom is -0.340 e.